The maximum Gasteiger partial charge on any atom is 0.257 e. The van der Waals surface area contributed by atoms with E-state index >= 15 is 0 Å². The predicted octanol–water partition coefficient (Wildman–Crippen LogP) is 12.5. The topological polar surface area (TPSA) is 84.6 Å². The highest BCUT2D eigenvalue weighted by Crippen LogP contribution is 2.41. The number of furan rings is 3. The third kappa shape index (κ3) is 4.73. The Hall–Kier alpha value is -7.45. The van der Waals surface area contributed by atoms with Crippen LogP contribution in [-0.2, 0) is 0 Å². The molecule has 8 nitrogen and oxygen atoms in total. The summed E-state index contributed by atoms with van der Waals surface area (Å²) < 4.78 is 19.0. The number of benzene rings is 7. The van der Waals surface area contributed by atoms with E-state index in [9.17, 15) is 0 Å². The zero-order valence-corrected chi connectivity index (χ0v) is 28.0. The molecule has 0 radical (unpaired) electrons. The molecule has 0 aliphatic heterocycles. The molecule has 0 bridgehead atoms. The SMILES string of the molecule is c1ccc(N(c2ccc3c(c2)oc2ccccc23)c2ccc3c(c2)oc2nc(N(c4ccccc4)c4ccc5c(c4)oc4ccccc45)nnc23)cc1. The molecule has 53 heavy (non-hydrogen) atoms. The molecule has 0 N–H and O–H groups in total. The fourth-order valence-electron chi connectivity index (χ4n) is 7.36. The number of para-hydroxylation sites is 4. The van der Waals surface area contributed by atoms with E-state index in [1.807, 2.05) is 108 Å². The second kappa shape index (κ2) is 11.5. The maximum absolute atomic E-state index is 6.49. The van der Waals surface area contributed by atoms with E-state index in [1.54, 1.807) is 0 Å². The summed E-state index contributed by atoms with van der Waals surface area (Å²) in [6.45, 7) is 0. The Labute approximate surface area is 301 Å². The van der Waals surface area contributed by atoms with Gasteiger partial charge in [-0.3, -0.25) is 4.90 Å². The first-order valence-corrected chi connectivity index (χ1v) is 17.4. The predicted molar refractivity (Wildman–Crippen MR) is 211 cm³/mol. The normalized spacial score (nSPS) is 11.8. The third-order valence-electron chi connectivity index (χ3n) is 9.80. The molecule has 4 aromatic heterocycles. The monoisotopic (exact) mass is 685 g/mol. The molecule has 0 unspecified atom stereocenters. The Morgan fingerprint density at radius 1 is 0.340 bits per heavy atom. The smallest absolute Gasteiger partial charge is 0.257 e. The van der Waals surface area contributed by atoms with E-state index < -0.39 is 0 Å². The average molecular weight is 686 g/mol. The van der Waals surface area contributed by atoms with Crippen LogP contribution in [-0.4, -0.2) is 15.2 Å². The Bertz CT molecular complexity index is 2940. The minimum Gasteiger partial charge on any atom is -0.456 e. The molecule has 0 fully saturated rings. The van der Waals surface area contributed by atoms with Gasteiger partial charge in [-0.15, -0.1) is 10.2 Å². The molecule has 0 amide bonds. The largest absolute Gasteiger partial charge is 0.456 e. The highest BCUT2D eigenvalue weighted by molar-refractivity contribution is 6.08. The van der Waals surface area contributed by atoms with E-state index in [0.717, 1.165) is 77.7 Å². The number of hydrogen-bond donors (Lipinski definition) is 0. The lowest BCUT2D eigenvalue weighted by Gasteiger charge is -2.25. The minimum absolute atomic E-state index is 0.378. The van der Waals surface area contributed by atoms with Crippen LogP contribution in [0.5, 0.6) is 0 Å². The number of hydrogen-bond acceptors (Lipinski definition) is 8. The molecule has 0 spiro atoms. The van der Waals surface area contributed by atoms with Crippen molar-refractivity contribution in [1.82, 2.24) is 15.2 Å². The number of anilines is 6. The Morgan fingerprint density at radius 2 is 0.792 bits per heavy atom. The van der Waals surface area contributed by atoms with E-state index in [1.165, 1.54) is 0 Å². The Balaban J connectivity index is 1.03. The highest BCUT2D eigenvalue weighted by atomic mass is 16.3. The fourth-order valence-corrected chi connectivity index (χ4v) is 7.36. The number of nitrogens with zero attached hydrogens (tertiary/aromatic N) is 5. The van der Waals surface area contributed by atoms with Gasteiger partial charge in [-0.05, 0) is 72.8 Å². The van der Waals surface area contributed by atoms with Crippen LogP contribution >= 0.6 is 0 Å². The van der Waals surface area contributed by atoms with Crippen molar-refractivity contribution in [3.63, 3.8) is 0 Å². The molecule has 4 heterocycles. The van der Waals surface area contributed by atoms with Crippen LogP contribution in [0.25, 0.3) is 66.1 Å². The van der Waals surface area contributed by atoms with Gasteiger partial charge in [0.05, 0.1) is 11.1 Å². The molecule has 0 atom stereocenters. The summed E-state index contributed by atoms with van der Waals surface area (Å²) in [5, 5.41) is 14.5. The minimum atomic E-state index is 0.378. The Morgan fingerprint density at radius 3 is 1.38 bits per heavy atom. The van der Waals surface area contributed by atoms with Crippen LogP contribution in [0.15, 0.2) is 177 Å². The molecule has 0 aliphatic carbocycles. The van der Waals surface area contributed by atoms with Gasteiger partial charge in [0.25, 0.3) is 11.7 Å². The summed E-state index contributed by atoms with van der Waals surface area (Å²) >= 11 is 0. The molecule has 0 aliphatic rings. The first-order chi connectivity index (χ1) is 26.2. The number of aromatic nitrogens is 3. The van der Waals surface area contributed by atoms with E-state index in [0.29, 0.717) is 22.8 Å². The maximum atomic E-state index is 6.49. The van der Waals surface area contributed by atoms with Crippen LogP contribution in [0.2, 0.25) is 0 Å². The standard InChI is InChI=1S/C45H27N5O3/c1-3-11-28(12-4-1)49(30-19-22-35-33-15-7-9-17-38(33)51-40(35)25-30)31-21-24-37-42(26-31)53-44-43(37)47-48-45(46-44)50(29-13-5-2-6-14-29)32-20-23-36-34-16-8-10-18-39(34)52-41(36)27-32/h1-27H. The van der Waals surface area contributed by atoms with Gasteiger partial charge in [-0.1, -0.05) is 72.8 Å². The van der Waals surface area contributed by atoms with Gasteiger partial charge in [0.1, 0.15) is 27.9 Å². The summed E-state index contributed by atoms with van der Waals surface area (Å²) in [5.74, 6) is 0.378. The van der Waals surface area contributed by atoms with Crippen molar-refractivity contribution in [1.29, 1.82) is 0 Å². The molecule has 11 rings (SSSR count). The summed E-state index contributed by atoms with van der Waals surface area (Å²) in [4.78, 5) is 9.11. The van der Waals surface area contributed by atoms with Crippen LogP contribution < -0.4 is 9.80 Å². The van der Waals surface area contributed by atoms with Crippen molar-refractivity contribution < 1.29 is 13.3 Å². The molecule has 250 valence electrons. The van der Waals surface area contributed by atoms with Crippen LogP contribution in [0.1, 0.15) is 0 Å². The quantitative estimate of drug-likeness (QED) is 0.171. The second-order valence-electron chi connectivity index (χ2n) is 12.9. The molecule has 7 aromatic carbocycles. The van der Waals surface area contributed by atoms with E-state index in [4.69, 9.17) is 18.2 Å². The second-order valence-corrected chi connectivity index (χ2v) is 12.9. The van der Waals surface area contributed by atoms with Gasteiger partial charge >= 0.3 is 0 Å². The van der Waals surface area contributed by atoms with E-state index in [2.05, 4.69) is 75.8 Å². The van der Waals surface area contributed by atoms with Crippen molar-refractivity contribution in [3.05, 3.63) is 164 Å². The molecular formula is C45H27N5O3. The molecule has 8 heteroatoms. The lowest BCUT2D eigenvalue weighted by molar-refractivity contribution is 0.650. The molecular weight excluding hydrogens is 659 g/mol. The van der Waals surface area contributed by atoms with Crippen molar-refractivity contribution in [2.75, 3.05) is 9.80 Å². The van der Waals surface area contributed by atoms with Crippen LogP contribution in [0.4, 0.5) is 34.4 Å². The van der Waals surface area contributed by atoms with Gasteiger partial charge < -0.3 is 18.2 Å². The van der Waals surface area contributed by atoms with Gasteiger partial charge in [-0.25, -0.2) is 0 Å². The highest BCUT2D eigenvalue weighted by Gasteiger charge is 2.22. The van der Waals surface area contributed by atoms with Crippen molar-refractivity contribution in [2.24, 2.45) is 0 Å². The summed E-state index contributed by atoms with van der Waals surface area (Å²) in [6, 6.07) is 55.0. The van der Waals surface area contributed by atoms with Crippen molar-refractivity contribution >= 4 is 100 Å². The first kappa shape index (κ1) is 29.3. The zero-order valence-electron chi connectivity index (χ0n) is 28.0. The molecule has 11 aromatic rings. The zero-order chi connectivity index (χ0) is 34.9. The van der Waals surface area contributed by atoms with Gasteiger partial charge in [0.15, 0.2) is 5.52 Å². The molecule has 0 saturated heterocycles. The first-order valence-electron chi connectivity index (χ1n) is 17.4. The average Bonchev–Trinajstić information content (AvgIpc) is 3.89. The fraction of sp³-hybridized carbons (Fsp3) is 0. The van der Waals surface area contributed by atoms with Gasteiger partial charge in [0, 0.05) is 62.5 Å². The van der Waals surface area contributed by atoms with E-state index in [-0.39, 0.29) is 0 Å². The number of fused-ring (bicyclic) bond motifs is 9. The lowest BCUT2D eigenvalue weighted by Crippen LogP contribution is -2.13. The van der Waals surface area contributed by atoms with Crippen LogP contribution in [0.3, 0.4) is 0 Å². The van der Waals surface area contributed by atoms with Gasteiger partial charge in [0.2, 0.25) is 0 Å². The van der Waals surface area contributed by atoms with Crippen molar-refractivity contribution in [3.8, 4) is 0 Å². The van der Waals surface area contributed by atoms with Crippen LogP contribution in [0, 0.1) is 0 Å². The Kier molecular flexibility index (Phi) is 6.38. The summed E-state index contributed by atoms with van der Waals surface area (Å²) in [5.41, 5.74) is 9.52. The summed E-state index contributed by atoms with van der Waals surface area (Å²) in [7, 11) is 0. The van der Waals surface area contributed by atoms with Gasteiger partial charge in [-0.2, -0.15) is 4.98 Å². The van der Waals surface area contributed by atoms with Crippen molar-refractivity contribution in [2.45, 2.75) is 0 Å². The summed E-state index contributed by atoms with van der Waals surface area (Å²) in [6.07, 6.45) is 0. The molecule has 0 saturated carbocycles. The lowest BCUT2D eigenvalue weighted by atomic mass is 10.1. The number of rotatable bonds is 6. The third-order valence-corrected chi connectivity index (χ3v) is 9.80.